The third kappa shape index (κ3) is 2.93. The van der Waals surface area contributed by atoms with Gasteiger partial charge in [0.1, 0.15) is 0 Å². The van der Waals surface area contributed by atoms with Crippen molar-refractivity contribution in [1.29, 1.82) is 0 Å². The maximum Gasteiger partial charge on any atom is 0.185 e. The van der Waals surface area contributed by atoms with E-state index in [4.69, 9.17) is 9.72 Å². The van der Waals surface area contributed by atoms with Crippen LogP contribution in [0.1, 0.15) is 36.3 Å². The molecule has 3 rings (SSSR count). The predicted molar refractivity (Wildman–Crippen MR) is 79.4 cm³/mol. The summed E-state index contributed by atoms with van der Waals surface area (Å²) in [6, 6.07) is 0. The highest BCUT2D eigenvalue weighted by molar-refractivity contribution is 7.15. The van der Waals surface area contributed by atoms with E-state index in [0.29, 0.717) is 5.92 Å². The third-order valence-electron chi connectivity index (χ3n) is 3.98. The van der Waals surface area contributed by atoms with Gasteiger partial charge in [-0.05, 0) is 25.8 Å². The molecule has 1 aliphatic carbocycles. The van der Waals surface area contributed by atoms with E-state index >= 15 is 0 Å². The highest BCUT2D eigenvalue weighted by Gasteiger charge is 2.26. The lowest BCUT2D eigenvalue weighted by atomic mass is 9.91. The van der Waals surface area contributed by atoms with Crippen molar-refractivity contribution >= 4 is 16.5 Å². The van der Waals surface area contributed by atoms with E-state index in [1.807, 2.05) is 11.3 Å². The molecule has 0 radical (unpaired) electrons. The van der Waals surface area contributed by atoms with E-state index in [9.17, 15) is 0 Å². The first-order valence-corrected chi connectivity index (χ1v) is 8.23. The zero-order chi connectivity index (χ0) is 13.1. The van der Waals surface area contributed by atoms with Crippen LogP contribution in [0.4, 0.5) is 5.13 Å². The minimum atomic E-state index is 0.620. The number of ether oxygens (including phenoxy) is 1. The van der Waals surface area contributed by atoms with Gasteiger partial charge in [-0.2, -0.15) is 0 Å². The molecule has 4 nitrogen and oxygen atoms in total. The lowest BCUT2D eigenvalue weighted by Crippen LogP contribution is -2.36. The molecule has 1 fully saturated rings. The Labute approximate surface area is 119 Å². The van der Waals surface area contributed by atoms with Crippen LogP contribution in [-0.2, 0) is 11.2 Å². The molecular formula is C14H23N3OS. The highest BCUT2D eigenvalue weighted by Crippen LogP contribution is 2.37. The van der Waals surface area contributed by atoms with Crippen molar-refractivity contribution in [3.63, 3.8) is 0 Å². The van der Waals surface area contributed by atoms with Crippen molar-refractivity contribution in [2.45, 2.75) is 32.1 Å². The second-order valence-electron chi connectivity index (χ2n) is 5.30. The summed E-state index contributed by atoms with van der Waals surface area (Å²) in [5.41, 5.74) is 1.37. The SMILES string of the molecule is CCNCC1CCCc2sc(N3CCOCC3)nc21. The quantitative estimate of drug-likeness (QED) is 0.916. The number of hydrogen-bond acceptors (Lipinski definition) is 5. The molecule has 1 unspecified atom stereocenters. The Bertz CT molecular complexity index is 415. The first-order chi connectivity index (χ1) is 9.38. The fourth-order valence-electron chi connectivity index (χ4n) is 2.90. The van der Waals surface area contributed by atoms with E-state index in [0.717, 1.165) is 39.4 Å². The smallest absolute Gasteiger partial charge is 0.185 e. The molecule has 1 N–H and O–H groups in total. The van der Waals surface area contributed by atoms with Gasteiger partial charge in [0.15, 0.2) is 5.13 Å². The minimum absolute atomic E-state index is 0.620. The number of likely N-dealkylation sites (N-methyl/N-ethyl adjacent to an activating group) is 1. The Kier molecular flexibility index (Phi) is 4.35. The van der Waals surface area contributed by atoms with E-state index in [-0.39, 0.29) is 0 Å². The first-order valence-electron chi connectivity index (χ1n) is 7.41. The van der Waals surface area contributed by atoms with Gasteiger partial charge in [-0.3, -0.25) is 0 Å². The monoisotopic (exact) mass is 281 g/mol. The van der Waals surface area contributed by atoms with E-state index in [2.05, 4.69) is 17.1 Å². The standard InChI is InChI=1S/C14H23N3OS/c1-2-15-10-11-4-3-5-12-13(11)16-14(19-12)17-6-8-18-9-7-17/h11,15H,2-10H2,1H3. The molecule has 5 heteroatoms. The van der Waals surface area contributed by atoms with Crippen molar-refractivity contribution in [2.75, 3.05) is 44.3 Å². The molecule has 19 heavy (non-hydrogen) atoms. The van der Waals surface area contributed by atoms with Crippen LogP contribution in [-0.4, -0.2) is 44.4 Å². The summed E-state index contributed by atoms with van der Waals surface area (Å²) < 4.78 is 5.42. The Morgan fingerprint density at radius 2 is 2.26 bits per heavy atom. The summed E-state index contributed by atoms with van der Waals surface area (Å²) >= 11 is 1.91. The van der Waals surface area contributed by atoms with Crippen LogP contribution in [0.3, 0.4) is 0 Å². The molecule has 0 amide bonds. The van der Waals surface area contributed by atoms with E-state index < -0.39 is 0 Å². The van der Waals surface area contributed by atoms with Crippen LogP contribution in [0.2, 0.25) is 0 Å². The van der Waals surface area contributed by atoms with Crippen molar-refractivity contribution in [1.82, 2.24) is 10.3 Å². The fourth-order valence-corrected chi connectivity index (χ4v) is 4.14. The van der Waals surface area contributed by atoms with Crippen LogP contribution in [0.15, 0.2) is 0 Å². The second-order valence-corrected chi connectivity index (χ2v) is 6.36. The molecule has 1 aliphatic heterocycles. The molecule has 2 aliphatic rings. The fraction of sp³-hybridized carbons (Fsp3) is 0.786. The van der Waals surface area contributed by atoms with Crippen molar-refractivity contribution in [3.8, 4) is 0 Å². The lowest BCUT2D eigenvalue weighted by Gasteiger charge is -2.26. The van der Waals surface area contributed by atoms with Gasteiger partial charge in [0.05, 0.1) is 18.9 Å². The van der Waals surface area contributed by atoms with E-state index in [1.54, 1.807) is 0 Å². The number of rotatable bonds is 4. The molecule has 1 aromatic heterocycles. The zero-order valence-electron chi connectivity index (χ0n) is 11.7. The summed E-state index contributed by atoms with van der Waals surface area (Å²) in [5.74, 6) is 0.620. The normalized spacial score (nSPS) is 23.4. The molecule has 2 heterocycles. The molecule has 106 valence electrons. The molecule has 1 saturated heterocycles. The van der Waals surface area contributed by atoms with Crippen LogP contribution in [0.5, 0.6) is 0 Å². The number of aryl methyl sites for hydroxylation is 1. The average Bonchev–Trinajstić information content (AvgIpc) is 2.90. The van der Waals surface area contributed by atoms with E-state index in [1.165, 1.54) is 35.0 Å². The summed E-state index contributed by atoms with van der Waals surface area (Å²) in [5, 5.41) is 4.70. The Balaban J connectivity index is 1.76. The summed E-state index contributed by atoms with van der Waals surface area (Å²) in [4.78, 5) is 8.87. The molecule has 1 atom stereocenters. The second kappa shape index (κ2) is 6.20. The van der Waals surface area contributed by atoms with Crippen molar-refractivity contribution in [2.24, 2.45) is 0 Å². The number of anilines is 1. The van der Waals surface area contributed by atoms with Gasteiger partial charge in [0, 0.05) is 30.4 Å². The summed E-state index contributed by atoms with van der Waals surface area (Å²) in [6.07, 6.45) is 3.82. The number of morpholine rings is 1. The molecule has 1 aromatic rings. The third-order valence-corrected chi connectivity index (χ3v) is 5.17. The Hall–Kier alpha value is -0.650. The lowest BCUT2D eigenvalue weighted by molar-refractivity contribution is 0.122. The van der Waals surface area contributed by atoms with Crippen molar-refractivity contribution < 1.29 is 4.74 Å². The van der Waals surface area contributed by atoms with Gasteiger partial charge >= 0.3 is 0 Å². The van der Waals surface area contributed by atoms with Crippen LogP contribution in [0.25, 0.3) is 0 Å². The Morgan fingerprint density at radius 3 is 3.05 bits per heavy atom. The molecule has 0 bridgehead atoms. The summed E-state index contributed by atoms with van der Waals surface area (Å²) in [6.45, 7) is 7.96. The maximum atomic E-state index is 5.42. The van der Waals surface area contributed by atoms with Gasteiger partial charge in [-0.25, -0.2) is 4.98 Å². The van der Waals surface area contributed by atoms with Crippen LogP contribution in [0, 0.1) is 0 Å². The molecular weight excluding hydrogens is 258 g/mol. The van der Waals surface area contributed by atoms with Gasteiger partial charge in [0.25, 0.3) is 0 Å². The molecule has 0 aromatic carbocycles. The topological polar surface area (TPSA) is 37.4 Å². The van der Waals surface area contributed by atoms with Gasteiger partial charge in [0.2, 0.25) is 0 Å². The first kappa shape index (κ1) is 13.3. The Morgan fingerprint density at radius 1 is 1.42 bits per heavy atom. The zero-order valence-corrected chi connectivity index (χ0v) is 12.5. The number of nitrogens with one attached hydrogen (secondary N) is 1. The minimum Gasteiger partial charge on any atom is -0.378 e. The van der Waals surface area contributed by atoms with Gasteiger partial charge in [-0.1, -0.05) is 6.92 Å². The van der Waals surface area contributed by atoms with Crippen LogP contribution < -0.4 is 10.2 Å². The largest absolute Gasteiger partial charge is 0.378 e. The number of nitrogens with zero attached hydrogens (tertiary/aromatic N) is 2. The molecule has 0 saturated carbocycles. The van der Waals surface area contributed by atoms with Gasteiger partial charge in [-0.15, -0.1) is 11.3 Å². The molecule has 0 spiro atoms. The summed E-state index contributed by atoms with van der Waals surface area (Å²) in [7, 11) is 0. The number of fused-ring (bicyclic) bond motifs is 1. The number of hydrogen-bond donors (Lipinski definition) is 1. The van der Waals surface area contributed by atoms with Crippen LogP contribution >= 0.6 is 11.3 Å². The maximum absolute atomic E-state index is 5.42. The highest BCUT2D eigenvalue weighted by atomic mass is 32.1. The number of aromatic nitrogens is 1. The average molecular weight is 281 g/mol. The number of thiazole rings is 1. The van der Waals surface area contributed by atoms with Crippen molar-refractivity contribution in [3.05, 3.63) is 10.6 Å². The van der Waals surface area contributed by atoms with Gasteiger partial charge < -0.3 is 15.0 Å². The predicted octanol–water partition coefficient (Wildman–Crippen LogP) is 2.01.